The molecule has 0 saturated carbocycles. The second kappa shape index (κ2) is 9.90. The maximum atomic E-state index is 12.3. The van der Waals surface area contributed by atoms with E-state index in [2.05, 4.69) is 10.3 Å². The van der Waals surface area contributed by atoms with E-state index in [0.29, 0.717) is 18.6 Å². The molecule has 1 atom stereocenters. The van der Waals surface area contributed by atoms with Crippen molar-refractivity contribution in [3.63, 3.8) is 0 Å². The van der Waals surface area contributed by atoms with Gasteiger partial charge in [-0.05, 0) is 53.8 Å². The van der Waals surface area contributed by atoms with E-state index in [1.165, 1.54) is 17.0 Å². The first kappa shape index (κ1) is 21.9. The first-order valence-corrected chi connectivity index (χ1v) is 10.5. The van der Waals surface area contributed by atoms with Gasteiger partial charge in [0.2, 0.25) is 5.91 Å². The van der Waals surface area contributed by atoms with Gasteiger partial charge in [0.1, 0.15) is 12.4 Å². The number of carbonyl (C=O) groups is 2. The lowest BCUT2D eigenvalue weighted by Crippen LogP contribution is -2.44. The molecule has 0 bridgehead atoms. The largest absolute Gasteiger partial charge is 0.491 e. The van der Waals surface area contributed by atoms with Gasteiger partial charge < -0.3 is 10.1 Å². The van der Waals surface area contributed by atoms with Crippen LogP contribution in [0.5, 0.6) is 5.75 Å². The average molecular weight is 446 g/mol. The van der Waals surface area contributed by atoms with Gasteiger partial charge in [-0.1, -0.05) is 24.3 Å². The SMILES string of the molecule is O=C1CNC(=O)N1C(CCc1ccncc1)COc1ccc(-c2cccc([N+](=O)[O-])c2)cc1. The maximum Gasteiger partial charge on any atom is 0.324 e. The van der Waals surface area contributed by atoms with Gasteiger partial charge in [-0.2, -0.15) is 0 Å². The zero-order valence-electron chi connectivity index (χ0n) is 17.7. The minimum atomic E-state index is -0.428. The van der Waals surface area contributed by atoms with E-state index in [0.717, 1.165) is 16.7 Å². The molecule has 2 heterocycles. The Bertz CT molecular complexity index is 1140. The van der Waals surface area contributed by atoms with Gasteiger partial charge in [0.05, 0.1) is 17.5 Å². The minimum absolute atomic E-state index is 0.0114. The van der Waals surface area contributed by atoms with Crippen LogP contribution in [0.2, 0.25) is 0 Å². The fraction of sp³-hybridized carbons (Fsp3) is 0.208. The molecular formula is C24H22N4O5. The Kier molecular flexibility index (Phi) is 6.58. The van der Waals surface area contributed by atoms with Crippen molar-refractivity contribution in [2.45, 2.75) is 18.9 Å². The Labute approximate surface area is 190 Å². The van der Waals surface area contributed by atoms with Crippen LogP contribution in [0.1, 0.15) is 12.0 Å². The van der Waals surface area contributed by atoms with Crippen molar-refractivity contribution in [2.24, 2.45) is 0 Å². The van der Waals surface area contributed by atoms with Crippen molar-refractivity contribution in [1.82, 2.24) is 15.2 Å². The van der Waals surface area contributed by atoms with Crippen LogP contribution in [-0.4, -0.2) is 45.9 Å². The molecule has 9 heteroatoms. The summed E-state index contributed by atoms with van der Waals surface area (Å²) in [5, 5.41) is 13.6. The second-order valence-corrected chi connectivity index (χ2v) is 7.61. The number of urea groups is 1. The molecule has 1 N–H and O–H groups in total. The lowest BCUT2D eigenvalue weighted by atomic mass is 10.0. The first-order chi connectivity index (χ1) is 16.0. The fourth-order valence-electron chi connectivity index (χ4n) is 3.71. The van der Waals surface area contributed by atoms with Gasteiger partial charge >= 0.3 is 6.03 Å². The topological polar surface area (TPSA) is 115 Å². The highest BCUT2D eigenvalue weighted by Gasteiger charge is 2.35. The lowest BCUT2D eigenvalue weighted by Gasteiger charge is -2.25. The number of aromatic nitrogens is 1. The monoisotopic (exact) mass is 446 g/mol. The molecule has 0 aliphatic carbocycles. The molecule has 4 rings (SSSR count). The Morgan fingerprint density at radius 2 is 1.82 bits per heavy atom. The van der Waals surface area contributed by atoms with E-state index in [9.17, 15) is 19.7 Å². The number of non-ortho nitro benzene ring substituents is 1. The summed E-state index contributed by atoms with van der Waals surface area (Å²) < 4.78 is 5.92. The molecule has 0 radical (unpaired) electrons. The van der Waals surface area contributed by atoms with Crippen molar-refractivity contribution in [3.8, 4) is 16.9 Å². The second-order valence-electron chi connectivity index (χ2n) is 7.61. The number of amides is 3. The number of pyridine rings is 1. The smallest absolute Gasteiger partial charge is 0.324 e. The third kappa shape index (κ3) is 5.32. The molecular weight excluding hydrogens is 424 g/mol. The van der Waals surface area contributed by atoms with Crippen molar-refractivity contribution in [2.75, 3.05) is 13.2 Å². The van der Waals surface area contributed by atoms with Gasteiger partial charge in [-0.15, -0.1) is 0 Å². The molecule has 1 saturated heterocycles. The highest BCUT2D eigenvalue weighted by molar-refractivity contribution is 6.02. The predicted octanol–water partition coefficient (Wildman–Crippen LogP) is 3.59. The van der Waals surface area contributed by atoms with Crippen LogP contribution in [-0.2, 0) is 11.2 Å². The summed E-state index contributed by atoms with van der Waals surface area (Å²) in [6.45, 7) is 0.142. The molecule has 3 aromatic rings. The number of hydrogen-bond donors (Lipinski definition) is 1. The van der Waals surface area contributed by atoms with E-state index in [-0.39, 0.29) is 24.7 Å². The Morgan fingerprint density at radius 1 is 1.06 bits per heavy atom. The molecule has 1 aromatic heterocycles. The average Bonchev–Trinajstić information content (AvgIpc) is 3.18. The Morgan fingerprint density at radius 3 is 2.48 bits per heavy atom. The number of aryl methyl sites for hydroxylation is 1. The number of imide groups is 1. The van der Waals surface area contributed by atoms with Gasteiger partial charge in [0.15, 0.2) is 0 Å². The highest BCUT2D eigenvalue weighted by Crippen LogP contribution is 2.26. The number of nitrogens with one attached hydrogen (secondary N) is 1. The zero-order valence-corrected chi connectivity index (χ0v) is 17.7. The van der Waals surface area contributed by atoms with Gasteiger partial charge in [-0.3, -0.25) is 24.8 Å². The zero-order chi connectivity index (χ0) is 23.2. The summed E-state index contributed by atoms with van der Waals surface area (Å²) in [6.07, 6.45) is 4.63. The van der Waals surface area contributed by atoms with E-state index in [1.807, 2.05) is 24.3 Å². The van der Waals surface area contributed by atoms with Crippen LogP contribution < -0.4 is 10.1 Å². The lowest BCUT2D eigenvalue weighted by molar-refractivity contribution is -0.384. The van der Waals surface area contributed by atoms with Crippen molar-refractivity contribution in [1.29, 1.82) is 0 Å². The van der Waals surface area contributed by atoms with Crippen molar-refractivity contribution < 1.29 is 19.2 Å². The molecule has 9 nitrogen and oxygen atoms in total. The van der Waals surface area contributed by atoms with Crippen LogP contribution in [0, 0.1) is 10.1 Å². The summed E-state index contributed by atoms with van der Waals surface area (Å²) in [5.41, 5.74) is 2.63. The van der Waals surface area contributed by atoms with Crippen LogP contribution in [0.15, 0.2) is 73.1 Å². The number of carbonyl (C=O) groups excluding carboxylic acids is 2. The quantitative estimate of drug-likeness (QED) is 0.305. The molecule has 33 heavy (non-hydrogen) atoms. The molecule has 3 amide bonds. The summed E-state index contributed by atoms with van der Waals surface area (Å²) >= 11 is 0. The summed E-state index contributed by atoms with van der Waals surface area (Å²) in [6, 6.07) is 16.5. The number of nitro groups is 1. The van der Waals surface area contributed by atoms with Gasteiger partial charge in [0, 0.05) is 24.5 Å². The number of rotatable bonds is 9. The van der Waals surface area contributed by atoms with Crippen molar-refractivity contribution in [3.05, 3.63) is 88.7 Å². The highest BCUT2D eigenvalue weighted by atomic mass is 16.6. The number of ether oxygens (including phenoxy) is 1. The van der Waals surface area contributed by atoms with E-state index in [1.54, 1.807) is 36.7 Å². The van der Waals surface area contributed by atoms with E-state index >= 15 is 0 Å². The van der Waals surface area contributed by atoms with Gasteiger partial charge in [-0.25, -0.2) is 4.79 Å². The molecule has 1 aliphatic rings. The summed E-state index contributed by atoms with van der Waals surface area (Å²) in [4.78, 5) is 40.3. The number of hydrogen-bond acceptors (Lipinski definition) is 6. The molecule has 0 spiro atoms. The minimum Gasteiger partial charge on any atom is -0.491 e. The fourth-order valence-corrected chi connectivity index (χ4v) is 3.71. The number of nitro benzene ring substituents is 1. The van der Waals surface area contributed by atoms with Gasteiger partial charge in [0.25, 0.3) is 5.69 Å². The summed E-state index contributed by atoms with van der Waals surface area (Å²) in [7, 11) is 0. The Balaban J connectivity index is 1.44. The van der Waals surface area contributed by atoms with Crippen LogP contribution in [0.25, 0.3) is 11.1 Å². The number of benzene rings is 2. The van der Waals surface area contributed by atoms with Crippen molar-refractivity contribution >= 4 is 17.6 Å². The summed E-state index contributed by atoms with van der Waals surface area (Å²) in [5.74, 6) is 0.300. The molecule has 2 aromatic carbocycles. The third-order valence-corrected chi connectivity index (χ3v) is 5.45. The first-order valence-electron chi connectivity index (χ1n) is 10.5. The standard InChI is InChI=1S/C24H22N4O5/c29-23-15-26-24(30)27(23)21(7-4-17-10-12-25-13-11-17)16-33-22-8-5-18(6-9-22)19-2-1-3-20(14-19)28(31)32/h1-3,5-6,8-14,21H,4,7,15-16H2,(H,26,30). The van der Waals surface area contributed by atoms with Crippen LogP contribution >= 0.6 is 0 Å². The molecule has 1 aliphatic heterocycles. The normalized spacial score (nSPS) is 14.1. The predicted molar refractivity (Wildman–Crippen MR) is 121 cm³/mol. The van der Waals surface area contributed by atoms with E-state index < -0.39 is 17.0 Å². The molecule has 1 unspecified atom stereocenters. The Hall–Kier alpha value is -4.27. The maximum absolute atomic E-state index is 12.3. The van der Waals surface area contributed by atoms with Crippen LogP contribution in [0.4, 0.5) is 10.5 Å². The molecule has 168 valence electrons. The third-order valence-electron chi connectivity index (χ3n) is 5.45. The van der Waals surface area contributed by atoms with E-state index in [4.69, 9.17) is 4.74 Å². The van der Waals surface area contributed by atoms with Crippen LogP contribution in [0.3, 0.4) is 0 Å². The molecule has 1 fully saturated rings. The number of nitrogens with zero attached hydrogens (tertiary/aromatic N) is 3.